The van der Waals surface area contributed by atoms with E-state index in [4.69, 9.17) is 5.11 Å². The first-order chi connectivity index (χ1) is 8.97. The van der Waals surface area contributed by atoms with Crippen LogP contribution >= 0.6 is 23.1 Å². The molecule has 2 aromatic heterocycles. The van der Waals surface area contributed by atoms with Gasteiger partial charge in [-0.1, -0.05) is 0 Å². The van der Waals surface area contributed by atoms with E-state index >= 15 is 0 Å². The normalized spacial score (nSPS) is 10.4. The summed E-state index contributed by atoms with van der Waals surface area (Å²) in [5.74, 6) is -1.36. The van der Waals surface area contributed by atoms with Gasteiger partial charge in [0.2, 0.25) is 0 Å². The standard InChI is InChI=1S/C10H7N3O4S2/c1-5-4-18-10(12-5)19-8-2-6(9(14)15)7(3-11-8)13(16)17/h2-4H,1H3,(H,14,15). The largest absolute Gasteiger partial charge is 0.477 e. The minimum Gasteiger partial charge on any atom is -0.477 e. The third-order valence-corrected chi connectivity index (χ3v) is 4.06. The van der Waals surface area contributed by atoms with Crippen LogP contribution in [0.2, 0.25) is 0 Å². The van der Waals surface area contributed by atoms with E-state index in [0.29, 0.717) is 9.37 Å². The molecule has 0 fully saturated rings. The molecule has 7 nitrogen and oxygen atoms in total. The van der Waals surface area contributed by atoms with Gasteiger partial charge in [-0.3, -0.25) is 10.1 Å². The predicted molar refractivity (Wildman–Crippen MR) is 68.8 cm³/mol. The van der Waals surface area contributed by atoms with Gasteiger partial charge in [-0.15, -0.1) is 11.3 Å². The summed E-state index contributed by atoms with van der Waals surface area (Å²) in [6, 6.07) is 1.18. The zero-order valence-corrected chi connectivity index (χ0v) is 11.2. The highest BCUT2D eigenvalue weighted by molar-refractivity contribution is 8.01. The molecule has 0 radical (unpaired) electrons. The van der Waals surface area contributed by atoms with Crippen LogP contribution in [0.5, 0.6) is 0 Å². The Bertz CT molecular complexity index is 656. The van der Waals surface area contributed by atoms with Crippen molar-refractivity contribution < 1.29 is 14.8 Å². The molecule has 0 aliphatic heterocycles. The molecule has 98 valence electrons. The molecule has 2 rings (SSSR count). The highest BCUT2D eigenvalue weighted by atomic mass is 32.2. The van der Waals surface area contributed by atoms with Gasteiger partial charge in [0.05, 0.1) is 4.92 Å². The van der Waals surface area contributed by atoms with Crippen LogP contribution in [0.25, 0.3) is 0 Å². The maximum absolute atomic E-state index is 11.0. The second-order valence-electron chi connectivity index (χ2n) is 3.46. The summed E-state index contributed by atoms with van der Waals surface area (Å²) in [6.07, 6.45) is 0.951. The lowest BCUT2D eigenvalue weighted by molar-refractivity contribution is -0.385. The monoisotopic (exact) mass is 297 g/mol. The summed E-state index contributed by atoms with van der Waals surface area (Å²) in [5.41, 5.74) is -0.0455. The highest BCUT2D eigenvalue weighted by Gasteiger charge is 2.21. The third-order valence-electron chi connectivity index (χ3n) is 2.07. The smallest absolute Gasteiger partial charge is 0.342 e. The van der Waals surface area contributed by atoms with Crippen LogP contribution in [0.15, 0.2) is 27.0 Å². The van der Waals surface area contributed by atoms with Gasteiger partial charge in [0, 0.05) is 11.1 Å². The lowest BCUT2D eigenvalue weighted by Crippen LogP contribution is -2.03. The van der Waals surface area contributed by atoms with Gasteiger partial charge in [-0.2, -0.15) is 0 Å². The topological polar surface area (TPSA) is 106 Å². The molecule has 2 heterocycles. The molecular formula is C10H7N3O4S2. The number of thiazole rings is 1. The summed E-state index contributed by atoms with van der Waals surface area (Å²) in [5, 5.41) is 21.9. The van der Waals surface area contributed by atoms with E-state index in [1.54, 1.807) is 0 Å². The Balaban J connectivity index is 2.35. The number of nitro groups is 1. The Morgan fingerprint density at radius 2 is 2.32 bits per heavy atom. The van der Waals surface area contributed by atoms with Crippen LogP contribution in [0.1, 0.15) is 16.1 Å². The summed E-state index contributed by atoms with van der Waals surface area (Å²) in [6.45, 7) is 1.84. The average Bonchev–Trinajstić information content (AvgIpc) is 2.74. The lowest BCUT2D eigenvalue weighted by Gasteiger charge is -2.00. The maximum atomic E-state index is 11.0. The Morgan fingerprint density at radius 3 is 2.84 bits per heavy atom. The summed E-state index contributed by atoms with van der Waals surface area (Å²) >= 11 is 2.57. The minimum atomic E-state index is -1.36. The molecule has 0 aliphatic rings. The van der Waals surface area contributed by atoms with Crippen LogP contribution in [0, 0.1) is 17.0 Å². The molecule has 19 heavy (non-hydrogen) atoms. The second-order valence-corrected chi connectivity index (χ2v) is 5.58. The molecule has 0 aromatic carbocycles. The molecule has 0 bridgehead atoms. The number of hydrogen-bond acceptors (Lipinski definition) is 7. The van der Waals surface area contributed by atoms with E-state index in [9.17, 15) is 14.9 Å². The van der Waals surface area contributed by atoms with Crippen molar-refractivity contribution in [2.24, 2.45) is 0 Å². The number of nitrogens with zero attached hydrogens (tertiary/aromatic N) is 3. The van der Waals surface area contributed by atoms with Gasteiger partial charge in [0.15, 0.2) is 4.34 Å². The Kier molecular flexibility index (Phi) is 3.76. The molecule has 0 atom stereocenters. The van der Waals surface area contributed by atoms with Crippen molar-refractivity contribution in [3.63, 3.8) is 0 Å². The Labute approximate surface area is 115 Å². The molecule has 0 saturated heterocycles. The highest BCUT2D eigenvalue weighted by Crippen LogP contribution is 2.31. The molecule has 0 amide bonds. The Morgan fingerprint density at radius 1 is 1.58 bits per heavy atom. The van der Waals surface area contributed by atoms with Crippen LogP contribution < -0.4 is 0 Å². The van der Waals surface area contributed by atoms with Crippen molar-refractivity contribution in [2.45, 2.75) is 16.3 Å². The van der Waals surface area contributed by atoms with Gasteiger partial charge in [-0.05, 0) is 24.8 Å². The van der Waals surface area contributed by atoms with Crippen molar-refractivity contribution in [2.75, 3.05) is 0 Å². The summed E-state index contributed by atoms with van der Waals surface area (Å²) < 4.78 is 0.704. The minimum absolute atomic E-state index is 0.359. The number of aryl methyl sites for hydroxylation is 1. The number of hydrogen-bond donors (Lipinski definition) is 1. The fourth-order valence-electron chi connectivity index (χ4n) is 1.27. The second kappa shape index (κ2) is 5.33. The first-order valence-electron chi connectivity index (χ1n) is 4.95. The van der Waals surface area contributed by atoms with E-state index in [1.807, 2.05) is 12.3 Å². The molecular weight excluding hydrogens is 290 g/mol. The fraction of sp³-hybridized carbons (Fsp3) is 0.100. The number of rotatable bonds is 4. The molecule has 0 aliphatic carbocycles. The van der Waals surface area contributed by atoms with Crippen LogP contribution in [-0.2, 0) is 0 Å². The van der Waals surface area contributed by atoms with Crippen LogP contribution in [0.4, 0.5) is 5.69 Å². The first-order valence-corrected chi connectivity index (χ1v) is 6.64. The van der Waals surface area contributed by atoms with E-state index in [2.05, 4.69) is 9.97 Å². The number of pyridine rings is 1. The summed E-state index contributed by atoms with van der Waals surface area (Å²) in [7, 11) is 0. The number of aromatic carboxylic acids is 1. The van der Waals surface area contributed by atoms with Gasteiger partial charge in [0.1, 0.15) is 16.8 Å². The molecule has 2 aromatic rings. The first kappa shape index (κ1) is 13.4. The average molecular weight is 297 g/mol. The number of carboxylic acids is 1. The Hall–Kier alpha value is -2.00. The van der Waals surface area contributed by atoms with Crippen molar-refractivity contribution in [3.05, 3.63) is 39.0 Å². The number of carbonyl (C=O) groups is 1. The predicted octanol–water partition coefficient (Wildman–Crippen LogP) is 2.60. The van der Waals surface area contributed by atoms with Gasteiger partial charge in [0.25, 0.3) is 0 Å². The van der Waals surface area contributed by atoms with E-state index in [0.717, 1.165) is 11.9 Å². The third kappa shape index (κ3) is 3.06. The molecule has 9 heteroatoms. The molecule has 0 unspecified atom stereocenters. The van der Waals surface area contributed by atoms with Crippen molar-refractivity contribution in [1.29, 1.82) is 0 Å². The number of aromatic nitrogens is 2. The zero-order valence-electron chi connectivity index (χ0n) is 9.56. The zero-order chi connectivity index (χ0) is 14.0. The van der Waals surface area contributed by atoms with E-state index < -0.39 is 16.6 Å². The lowest BCUT2D eigenvalue weighted by atomic mass is 10.2. The van der Waals surface area contributed by atoms with Crippen LogP contribution in [0.3, 0.4) is 0 Å². The fourth-order valence-corrected chi connectivity index (χ4v) is 3.03. The van der Waals surface area contributed by atoms with E-state index in [-0.39, 0.29) is 5.56 Å². The quantitative estimate of drug-likeness (QED) is 0.682. The number of carboxylic acid groups (broad SMARTS) is 1. The van der Waals surface area contributed by atoms with E-state index in [1.165, 1.54) is 29.2 Å². The maximum Gasteiger partial charge on any atom is 0.342 e. The van der Waals surface area contributed by atoms with Gasteiger partial charge in [-0.25, -0.2) is 14.8 Å². The van der Waals surface area contributed by atoms with Crippen molar-refractivity contribution >= 4 is 34.8 Å². The van der Waals surface area contributed by atoms with Crippen molar-refractivity contribution in [1.82, 2.24) is 9.97 Å². The molecule has 0 saturated carbocycles. The van der Waals surface area contributed by atoms with Gasteiger partial charge >= 0.3 is 11.7 Å². The SMILES string of the molecule is Cc1csc(Sc2cc(C(=O)O)c([N+](=O)[O-])cn2)n1. The van der Waals surface area contributed by atoms with Crippen LogP contribution in [-0.4, -0.2) is 26.0 Å². The molecule has 0 spiro atoms. The van der Waals surface area contributed by atoms with Gasteiger partial charge < -0.3 is 5.11 Å². The summed E-state index contributed by atoms with van der Waals surface area (Å²) in [4.78, 5) is 29.0. The molecule has 1 N–H and O–H groups in total. The van der Waals surface area contributed by atoms with Crippen molar-refractivity contribution in [3.8, 4) is 0 Å².